The largest absolute Gasteiger partial charge is 0.854 e. The number of benzene rings is 2. The number of aromatic nitrogens is 3. The van der Waals surface area contributed by atoms with Crippen LogP contribution >= 0.6 is 0 Å². The minimum Gasteiger partial charge on any atom is -0.854 e. The third-order valence-corrected chi connectivity index (χ3v) is 3.80. The van der Waals surface area contributed by atoms with Crippen molar-refractivity contribution in [2.24, 2.45) is 5.10 Å². The lowest BCUT2D eigenvalue weighted by Gasteiger charge is -2.06. The average Bonchev–Trinajstić information content (AvgIpc) is 3.20. The number of hydrogen-bond acceptors (Lipinski definition) is 5. The Bertz CT molecular complexity index is 1080. The van der Waals surface area contributed by atoms with Gasteiger partial charge in [0, 0.05) is 17.7 Å². The Labute approximate surface area is 153 Å². The van der Waals surface area contributed by atoms with Gasteiger partial charge in [-0.05, 0) is 34.9 Å². The zero-order valence-corrected chi connectivity index (χ0v) is 14.0. The van der Waals surface area contributed by atoms with E-state index >= 15 is 0 Å². The highest BCUT2D eigenvalue weighted by Crippen LogP contribution is 2.22. The molecule has 2 heterocycles. The summed E-state index contributed by atoms with van der Waals surface area (Å²) in [6, 6.07) is 18.1. The molecule has 4 rings (SSSR count). The maximum atomic E-state index is 12.9. The molecule has 132 valence electrons. The summed E-state index contributed by atoms with van der Waals surface area (Å²) in [4.78, 5) is 0. The Morgan fingerprint density at radius 3 is 2.07 bits per heavy atom. The molecule has 0 spiro atoms. The Kier molecular flexibility index (Phi) is 4.40. The normalized spacial score (nSPS) is 11.5. The Morgan fingerprint density at radius 1 is 0.852 bits per heavy atom. The van der Waals surface area contributed by atoms with E-state index in [2.05, 4.69) is 15.3 Å². The first-order valence-corrected chi connectivity index (χ1v) is 8.11. The van der Waals surface area contributed by atoms with E-state index in [1.54, 1.807) is 24.5 Å². The Balaban J connectivity index is 1.55. The van der Waals surface area contributed by atoms with Crippen molar-refractivity contribution in [1.82, 2.24) is 10.2 Å². The molecule has 4 aromatic rings. The molecule has 0 fully saturated rings. The van der Waals surface area contributed by atoms with Gasteiger partial charge in [-0.25, -0.2) is 4.39 Å². The molecule has 2 aromatic heterocycles. The molecule has 0 unspecified atom stereocenters. The highest BCUT2D eigenvalue weighted by atomic mass is 19.1. The smallest absolute Gasteiger partial charge is 0.248 e. The molecule has 6 nitrogen and oxygen atoms in total. The first-order chi connectivity index (χ1) is 13.2. The quantitative estimate of drug-likeness (QED) is 0.318. The Hall–Kier alpha value is -3.87. The van der Waals surface area contributed by atoms with Crippen LogP contribution in [-0.4, -0.2) is 16.1 Å². The third kappa shape index (κ3) is 3.72. The average molecular weight is 360 g/mol. The van der Waals surface area contributed by atoms with E-state index in [9.17, 15) is 9.50 Å². The van der Waals surface area contributed by atoms with Crippen LogP contribution in [0.1, 0.15) is 5.56 Å². The molecule has 0 amide bonds. The third-order valence-electron chi connectivity index (χ3n) is 3.80. The summed E-state index contributed by atoms with van der Waals surface area (Å²) in [7, 11) is 0. The summed E-state index contributed by atoms with van der Waals surface area (Å²) in [6.45, 7) is 0. The number of halogens is 1. The van der Waals surface area contributed by atoms with E-state index < -0.39 is 11.7 Å². The molecule has 0 radical (unpaired) electrons. The first kappa shape index (κ1) is 16.6. The van der Waals surface area contributed by atoms with Gasteiger partial charge in [0.15, 0.2) is 0 Å². The maximum absolute atomic E-state index is 12.9. The van der Waals surface area contributed by atoms with E-state index in [1.165, 1.54) is 28.9 Å². The van der Waals surface area contributed by atoms with Crippen molar-refractivity contribution in [3.8, 4) is 22.9 Å². The zero-order valence-electron chi connectivity index (χ0n) is 14.0. The van der Waals surface area contributed by atoms with Crippen LogP contribution in [0.4, 0.5) is 4.39 Å². The van der Waals surface area contributed by atoms with Gasteiger partial charge in [-0.1, -0.05) is 35.0 Å². The number of nitrogens with zero attached hydrogens (tertiary/aromatic N) is 4. The monoisotopic (exact) mass is 360 g/mol. The second-order valence-corrected chi connectivity index (χ2v) is 5.66. The summed E-state index contributed by atoms with van der Waals surface area (Å²) < 4.78 is 20.0. The highest BCUT2D eigenvalue weighted by molar-refractivity contribution is 5.89. The van der Waals surface area contributed by atoms with Crippen molar-refractivity contribution in [2.45, 2.75) is 0 Å². The van der Waals surface area contributed by atoms with Crippen LogP contribution < -0.4 is 9.78 Å². The number of pyridine rings is 1. The van der Waals surface area contributed by atoms with Crippen LogP contribution in [0.15, 0.2) is 88.6 Å². The molecule has 0 bridgehead atoms. The maximum Gasteiger partial charge on any atom is 0.248 e. The summed E-state index contributed by atoms with van der Waals surface area (Å²) in [5.41, 5.74) is 1.84. The van der Waals surface area contributed by atoms with Gasteiger partial charge in [-0.2, -0.15) is 0 Å². The molecule has 2 aromatic carbocycles. The molecule has 0 aliphatic carbocycles. The second-order valence-electron chi connectivity index (χ2n) is 5.66. The predicted molar refractivity (Wildman–Crippen MR) is 93.7 cm³/mol. The zero-order chi connectivity index (χ0) is 18.6. The number of hydrogen-bond donors (Lipinski definition) is 0. The molecule has 0 atom stereocenters. The summed E-state index contributed by atoms with van der Waals surface area (Å²) >= 11 is 0. The molecular weight excluding hydrogens is 347 g/mol. The molecule has 0 aliphatic rings. The molecule has 0 aliphatic heterocycles. The topological polar surface area (TPSA) is 78.2 Å². The van der Waals surface area contributed by atoms with Gasteiger partial charge in [0.05, 0.1) is 11.5 Å². The van der Waals surface area contributed by atoms with Gasteiger partial charge in [0.1, 0.15) is 5.82 Å². The van der Waals surface area contributed by atoms with Gasteiger partial charge < -0.3 is 9.52 Å². The van der Waals surface area contributed by atoms with Crippen LogP contribution in [0.25, 0.3) is 22.9 Å². The van der Waals surface area contributed by atoms with E-state index in [0.29, 0.717) is 22.9 Å². The minimum absolute atomic E-state index is 0.303. The standard InChI is InChI=1S/C20H13FN4O2/c21-17-8-6-14(7-9-17)18(26)24-25-12-10-16(11-13-25)20-23-22-19(27-20)15-4-2-1-3-5-15/h1-13H. The van der Waals surface area contributed by atoms with Crippen LogP contribution in [0.3, 0.4) is 0 Å². The summed E-state index contributed by atoms with van der Waals surface area (Å²) in [5, 5.41) is 24.1. The summed E-state index contributed by atoms with van der Waals surface area (Å²) in [5.74, 6) is -0.0840. The van der Waals surface area contributed by atoms with Gasteiger partial charge in [-0.15, -0.1) is 10.2 Å². The van der Waals surface area contributed by atoms with Gasteiger partial charge in [0.2, 0.25) is 24.2 Å². The molecule has 7 heteroatoms. The second kappa shape index (κ2) is 7.17. The van der Waals surface area contributed by atoms with E-state index in [0.717, 1.165) is 5.56 Å². The van der Waals surface area contributed by atoms with Crippen molar-refractivity contribution in [1.29, 1.82) is 0 Å². The molecule has 0 saturated carbocycles. The molecular formula is C20H13FN4O2. The van der Waals surface area contributed by atoms with Crippen molar-refractivity contribution in [2.75, 3.05) is 0 Å². The number of rotatable bonds is 4. The Morgan fingerprint density at radius 2 is 1.44 bits per heavy atom. The predicted octanol–water partition coefficient (Wildman–Crippen LogP) is 2.40. The molecule has 27 heavy (non-hydrogen) atoms. The van der Waals surface area contributed by atoms with E-state index in [4.69, 9.17) is 4.42 Å². The van der Waals surface area contributed by atoms with Gasteiger partial charge in [-0.3, -0.25) is 0 Å². The van der Waals surface area contributed by atoms with Crippen LogP contribution in [-0.2, 0) is 0 Å². The fourth-order valence-electron chi connectivity index (χ4n) is 2.42. The van der Waals surface area contributed by atoms with Crippen molar-refractivity contribution in [3.63, 3.8) is 0 Å². The van der Waals surface area contributed by atoms with E-state index in [-0.39, 0.29) is 0 Å². The van der Waals surface area contributed by atoms with Crippen molar-refractivity contribution >= 4 is 5.90 Å². The van der Waals surface area contributed by atoms with Crippen molar-refractivity contribution in [3.05, 3.63) is 90.5 Å². The fraction of sp³-hybridized carbons (Fsp3) is 0. The van der Waals surface area contributed by atoms with Crippen molar-refractivity contribution < 1.29 is 18.6 Å². The molecule has 0 N–H and O–H groups in total. The lowest BCUT2D eigenvalue weighted by molar-refractivity contribution is -0.681. The van der Waals surface area contributed by atoms with Crippen LogP contribution in [0, 0.1) is 5.82 Å². The minimum atomic E-state index is -0.475. The summed E-state index contributed by atoms with van der Waals surface area (Å²) in [6.07, 6.45) is 3.20. The van der Waals surface area contributed by atoms with Gasteiger partial charge in [0.25, 0.3) is 0 Å². The SMILES string of the molecule is [O-]/C(=N\[n+]1ccc(-c2nnc(-c3ccccc3)o2)cc1)c1ccc(F)cc1. The molecule has 0 saturated heterocycles. The van der Waals surface area contributed by atoms with E-state index in [1.807, 2.05) is 30.3 Å². The first-order valence-electron chi connectivity index (χ1n) is 8.11. The lowest BCUT2D eigenvalue weighted by atomic mass is 10.2. The van der Waals surface area contributed by atoms with Gasteiger partial charge >= 0.3 is 0 Å². The highest BCUT2D eigenvalue weighted by Gasteiger charge is 2.11. The lowest BCUT2D eigenvalue weighted by Crippen LogP contribution is -2.33. The fourth-order valence-corrected chi connectivity index (χ4v) is 2.42. The van der Waals surface area contributed by atoms with Crippen LogP contribution in [0.5, 0.6) is 0 Å². The van der Waals surface area contributed by atoms with Crippen LogP contribution in [0.2, 0.25) is 0 Å².